The van der Waals surface area contributed by atoms with Crippen LogP contribution < -0.4 is 37.8 Å². The predicted molar refractivity (Wildman–Crippen MR) is 315 cm³/mol. The maximum atomic E-state index is 14.3. The number of benzene rings is 4. The Kier molecular flexibility index (Phi) is 25.3. The third kappa shape index (κ3) is 22.5. The highest BCUT2D eigenvalue weighted by atomic mass is 32.2. The number of carbonyl (C=O) groups is 4. The number of sulfonamides is 4. The monoisotopic (exact) mass is 1310 g/mol. The minimum Gasteiger partial charge on any atom is -0.491 e. The molecule has 4 aromatic rings. The van der Waals surface area contributed by atoms with Crippen molar-refractivity contribution in [2.24, 2.45) is 0 Å². The lowest BCUT2D eigenvalue weighted by Crippen LogP contribution is -2.30. The molecule has 2 aliphatic heterocycles. The molecule has 7 rings (SSSR count). The highest BCUT2D eigenvalue weighted by Gasteiger charge is 2.29. The molecule has 484 valence electrons. The summed E-state index contributed by atoms with van der Waals surface area (Å²) in [5.74, 6) is -4.13. The lowest BCUT2D eigenvalue weighted by atomic mass is 9.88. The van der Waals surface area contributed by atoms with E-state index in [1.54, 1.807) is 0 Å². The number of carbonyl (C=O) groups excluding carboxylic acids is 4. The summed E-state index contributed by atoms with van der Waals surface area (Å²) in [5.41, 5.74) is 0.174. The Morgan fingerprint density at radius 1 is 0.261 bits per heavy atom. The summed E-state index contributed by atoms with van der Waals surface area (Å²) in [4.78, 5) is 57.0. The highest BCUT2D eigenvalue weighted by Crippen LogP contribution is 2.41. The maximum absolute atomic E-state index is 14.3. The van der Waals surface area contributed by atoms with Gasteiger partial charge in [-0.2, -0.15) is 0 Å². The standard InChI is InChI=1S/C56H72N4O24S4/c1-85(65,66)57-53(61)45-29-37-25-39-31-46(54(62)58-86(2,67)68)33-41-27-43-35-48(56(64)60-88(4,71)72)36-44-28-42-34-47(55(63)59-87(3,69)70)32-40(51(42)83-23-19-79-15-11-75-8-7-74-10-14-78-18-22-82-50(39)41)26-38(30-45)49(37)81-21-17-77-13-9-73-5-6-76-12-16-80-20-24-84-52(43)44/h29-36H,5-28H2,1-4H3,(H,57,61)(H,58,62)(H,59,63)(H,60,64). The van der Waals surface area contributed by atoms with E-state index in [1.165, 1.54) is 48.5 Å². The molecule has 0 fully saturated rings. The second-order valence-electron chi connectivity index (χ2n) is 20.3. The molecule has 88 heavy (non-hydrogen) atoms. The second-order valence-corrected chi connectivity index (χ2v) is 27.3. The van der Waals surface area contributed by atoms with E-state index < -0.39 is 63.7 Å². The van der Waals surface area contributed by atoms with Crippen LogP contribution in [-0.4, -0.2) is 214 Å². The molecule has 32 heteroatoms. The van der Waals surface area contributed by atoms with Crippen LogP contribution in [0.2, 0.25) is 0 Å². The third-order valence-electron chi connectivity index (χ3n) is 12.8. The minimum absolute atomic E-state index is 0.0475. The van der Waals surface area contributed by atoms with Gasteiger partial charge in [-0.25, -0.2) is 52.6 Å². The lowest BCUT2D eigenvalue weighted by Gasteiger charge is -2.25. The largest absolute Gasteiger partial charge is 0.491 e. The van der Waals surface area contributed by atoms with Crippen LogP contribution in [0, 0.1) is 0 Å². The van der Waals surface area contributed by atoms with Gasteiger partial charge in [0.1, 0.15) is 49.4 Å². The summed E-state index contributed by atoms with van der Waals surface area (Å²) in [5, 5.41) is 0. The van der Waals surface area contributed by atoms with Gasteiger partial charge in [-0.05, 0) is 93.0 Å². The van der Waals surface area contributed by atoms with Gasteiger partial charge in [0.15, 0.2) is 0 Å². The molecular weight excluding hydrogens is 1240 g/mol. The highest BCUT2D eigenvalue weighted by molar-refractivity contribution is 7.90. The summed E-state index contributed by atoms with van der Waals surface area (Å²) < 4.78 is 183. The minimum atomic E-state index is -4.23. The first-order valence-corrected chi connectivity index (χ1v) is 35.2. The van der Waals surface area contributed by atoms with Crippen molar-refractivity contribution in [2.75, 3.05) is 157 Å². The molecule has 0 radical (unpaired) electrons. The fraction of sp³-hybridized carbons (Fsp3) is 0.500. The van der Waals surface area contributed by atoms with E-state index in [1.807, 2.05) is 18.9 Å². The van der Waals surface area contributed by atoms with Gasteiger partial charge in [-0.1, -0.05) is 0 Å². The van der Waals surface area contributed by atoms with Crippen LogP contribution in [0.4, 0.5) is 0 Å². The Hall–Kier alpha value is -6.56. The SMILES string of the molecule is CS(=O)(=O)NC(=O)c1cc2c3c(c1)Cc1cc(C(=O)NS(C)(=O)=O)cc4c1OCCOCCOCCOCCOCCOc1c(cc(C(=O)NS(C)(=O)=O)cc1Cc1cc(C(=O)NS(C)(=O)=O)cc(c1OCCOCCOCCOCCOCCO3)C4)C2. The molecule has 2 heterocycles. The maximum Gasteiger partial charge on any atom is 0.264 e. The zero-order chi connectivity index (χ0) is 63.5. The van der Waals surface area contributed by atoms with E-state index in [-0.39, 0.29) is 248 Å². The number of nitrogens with one attached hydrogen (secondary N) is 4. The summed E-state index contributed by atoms with van der Waals surface area (Å²) in [6.45, 7) is 1.20. The second kappa shape index (κ2) is 32.3. The van der Waals surface area contributed by atoms with Crippen LogP contribution in [0.1, 0.15) is 85.9 Å². The van der Waals surface area contributed by atoms with Crippen molar-refractivity contribution in [2.45, 2.75) is 25.7 Å². The number of amides is 4. The molecule has 4 amide bonds. The summed E-state index contributed by atoms with van der Waals surface area (Å²) in [6.07, 6.45) is 1.69. The topological polar surface area (TPSA) is 364 Å². The quantitative estimate of drug-likeness (QED) is 0.167. The van der Waals surface area contributed by atoms with Crippen LogP contribution >= 0.6 is 0 Å². The van der Waals surface area contributed by atoms with Crippen molar-refractivity contribution in [1.82, 2.24) is 18.9 Å². The van der Waals surface area contributed by atoms with Crippen molar-refractivity contribution < 1.29 is 110 Å². The Bertz CT molecular complexity index is 3060. The Balaban J connectivity index is 1.64. The summed E-state index contributed by atoms with van der Waals surface area (Å²) in [6, 6.07) is 10.8. The molecule has 0 saturated heterocycles. The van der Waals surface area contributed by atoms with Gasteiger partial charge in [0, 0.05) is 47.9 Å². The van der Waals surface area contributed by atoms with Crippen LogP contribution in [0.25, 0.3) is 0 Å². The summed E-state index contributed by atoms with van der Waals surface area (Å²) in [7, 11) is -16.9. The summed E-state index contributed by atoms with van der Waals surface area (Å²) >= 11 is 0. The first-order valence-electron chi connectivity index (χ1n) is 27.6. The number of hydrogen-bond acceptors (Lipinski definition) is 24. The van der Waals surface area contributed by atoms with Crippen LogP contribution in [0.3, 0.4) is 0 Å². The molecule has 0 spiro atoms. The van der Waals surface area contributed by atoms with Crippen LogP contribution in [-0.2, 0) is 104 Å². The van der Waals surface area contributed by atoms with E-state index in [4.69, 9.17) is 56.8 Å². The fourth-order valence-corrected chi connectivity index (χ4v) is 11.2. The molecule has 3 aliphatic rings. The number of rotatable bonds is 8. The van der Waals surface area contributed by atoms with Crippen LogP contribution in [0.15, 0.2) is 48.5 Å². The molecule has 0 aromatic heterocycles. The molecule has 4 N–H and O–H groups in total. The zero-order valence-corrected chi connectivity index (χ0v) is 52.3. The van der Waals surface area contributed by atoms with E-state index >= 15 is 0 Å². The predicted octanol–water partition coefficient (Wildman–Crippen LogP) is 0.796. The number of ether oxygens (including phenoxy) is 12. The Morgan fingerprint density at radius 3 is 0.534 bits per heavy atom. The van der Waals surface area contributed by atoms with Crippen molar-refractivity contribution in [1.29, 1.82) is 0 Å². The molecule has 0 atom stereocenters. The lowest BCUT2D eigenvalue weighted by molar-refractivity contribution is -0.00706. The van der Waals surface area contributed by atoms with Crippen LogP contribution in [0.5, 0.6) is 23.0 Å². The normalized spacial score (nSPS) is 17.2. The first kappa shape index (κ1) is 68.9. The van der Waals surface area contributed by atoms with E-state index in [2.05, 4.69) is 0 Å². The molecular formula is C56H72N4O24S4. The van der Waals surface area contributed by atoms with E-state index in [9.17, 15) is 52.8 Å². The van der Waals surface area contributed by atoms with Gasteiger partial charge in [-0.15, -0.1) is 0 Å². The van der Waals surface area contributed by atoms with Crippen molar-refractivity contribution in [3.8, 4) is 23.0 Å². The van der Waals surface area contributed by atoms with Gasteiger partial charge in [-0.3, -0.25) is 19.2 Å². The average molecular weight is 1310 g/mol. The van der Waals surface area contributed by atoms with Gasteiger partial charge >= 0.3 is 0 Å². The molecule has 1 aliphatic carbocycles. The fourth-order valence-electron chi connectivity index (χ4n) is 9.40. The van der Waals surface area contributed by atoms with Crippen molar-refractivity contribution >= 4 is 63.7 Å². The van der Waals surface area contributed by atoms with Gasteiger partial charge in [0.25, 0.3) is 23.6 Å². The zero-order valence-electron chi connectivity index (χ0n) is 49.0. The van der Waals surface area contributed by atoms with Gasteiger partial charge < -0.3 is 56.8 Å². The average Bonchev–Trinajstić information content (AvgIpc) is 3.62. The Labute approximate surface area is 511 Å². The number of hydrogen-bond donors (Lipinski definition) is 4. The molecule has 12 bridgehead atoms. The molecule has 4 aromatic carbocycles. The van der Waals surface area contributed by atoms with E-state index in [0.29, 0.717) is 0 Å². The third-order valence-corrected chi connectivity index (χ3v) is 15.0. The van der Waals surface area contributed by atoms with Gasteiger partial charge in [0.05, 0.1) is 131 Å². The van der Waals surface area contributed by atoms with E-state index in [0.717, 1.165) is 25.0 Å². The molecule has 0 saturated carbocycles. The molecule has 0 unspecified atom stereocenters. The van der Waals surface area contributed by atoms with Crippen molar-refractivity contribution in [3.63, 3.8) is 0 Å². The van der Waals surface area contributed by atoms with Crippen molar-refractivity contribution in [3.05, 3.63) is 115 Å². The Morgan fingerprint density at radius 2 is 0.398 bits per heavy atom. The smallest absolute Gasteiger partial charge is 0.264 e. The first-order chi connectivity index (χ1) is 41.8. The molecule has 28 nitrogen and oxygen atoms in total. The van der Waals surface area contributed by atoms with Gasteiger partial charge in [0.2, 0.25) is 40.1 Å².